The maximum atomic E-state index is 11.2. The Morgan fingerprint density at radius 3 is 2.73 bits per heavy atom. The number of aliphatic carboxylic acids is 1. The molecule has 1 atom stereocenters. The topological polar surface area (TPSA) is 49.8 Å². The third kappa shape index (κ3) is 3.07. The first kappa shape index (κ1) is 14.9. The van der Waals surface area contributed by atoms with Crippen LogP contribution in [0.25, 0.3) is 10.8 Å². The summed E-state index contributed by atoms with van der Waals surface area (Å²) in [4.78, 5) is 13.4. The molecule has 4 nitrogen and oxygen atoms in total. The van der Waals surface area contributed by atoms with Crippen molar-refractivity contribution in [2.45, 2.75) is 19.4 Å². The molecular weight excluding hydrogens is 278 g/mol. The van der Waals surface area contributed by atoms with Gasteiger partial charge in [0.1, 0.15) is 5.75 Å². The van der Waals surface area contributed by atoms with E-state index in [1.54, 1.807) is 7.11 Å². The van der Waals surface area contributed by atoms with E-state index in [-0.39, 0.29) is 5.92 Å². The molecule has 1 unspecified atom stereocenters. The molecule has 22 heavy (non-hydrogen) atoms. The van der Waals surface area contributed by atoms with Crippen molar-refractivity contribution >= 4 is 16.7 Å². The van der Waals surface area contributed by atoms with E-state index >= 15 is 0 Å². The fourth-order valence-corrected chi connectivity index (χ4v) is 3.22. The zero-order chi connectivity index (χ0) is 15.5. The van der Waals surface area contributed by atoms with E-state index in [4.69, 9.17) is 4.74 Å². The smallest absolute Gasteiger partial charge is 0.307 e. The normalized spacial score (nSPS) is 19.2. The summed E-state index contributed by atoms with van der Waals surface area (Å²) >= 11 is 0. The highest BCUT2D eigenvalue weighted by molar-refractivity contribution is 5.85. The third-order valence-electron chi connectivity index (χ3n) is 4.40. The molecule has 0 aliphatic carbocycles. The number of carboxylic acid groups (broad SMARTS) is 1. The van der Waals surface area contributed by atoms with Gasteiger partial charge in [-0.25, -0.2) is 0 Å². The van der Waals surface area contributed by atoms with Crippen molar-refractivity contribution in [3.05, 3.63) is 42.0 Å². The molecule has 1 aliphatic heterocycles. The van der Waals surface area contributed by atoms with E-state index in [2.05, 4.69) is 29.2 Å². The molecular formula is C18H21NO3. The zero-order valence-electron chi connectivity index (χ0n) is 12.8. The minimum absolute atomic E-state index is 0.250. The second-order valence-electron chi connectivity index (χ2n) is 5.92. The minimum atomic E-state index is -0.685. The van der Waals surface area contributed by atoms with Gasteiger partial charge in [-0.3, -0.25) is 9.69 Å². The van der Waals surface area contributed by atoms with Gasteiger partial charge in [-0.05, 0) is 42.3 Å². The maximum absolute atomic E-state index is 11.2. The summed E-state index contributed by atoms with van der Waals surface area (Å²) in [5.41, 5.74) is 1.12. The van der Waals surface area contributed by atoms with Crippen LogP contribution in [0.15, 0.2) is 36.4 Å². The van der Waals surface area contributed by atoms with E-state index < -0.39 is 5.97 Å². The summed E-state index contributed by atoms with van der Waals surface area (Å²) < 4.78 is 5.53. The largest absolute Gasteiger partial charge is 0.496 e. The SMILES string of the molecule is COc1cc2ccccc2cc1CN1CCCC(C(=O)O)C1. The van der Waals surface area contributed by atoms with Crippen LogP contribution in [0, 0.1) is 5.92 Å². The van der Waals surface area contributed by atoms with Crippen molar-refractivity contribution in [2.75, 3.05) is 20.2 Å². The van der Waals surface area contributed by atoms with Crippen molar-refractivity contribution in [1.29, 1.82) is 0 Å². The molecule has 1 aliphatic rings. The van der Waals surface area contributed by atoms with Gasteiger partial charge in [-0.2, -0.15) is 0 Å². The molecule has 1 saturated heterocycles. The molecule has 2 aromatic carbocycles. The number of carboxylic acids is 1. The lowest BCUT2D eigenvalue weighted by atomic mass is 9.97. The van der Waals surface area contributed by atoms with Gasteiger partial charge in [0, 0.05) is 18.7 Å². The Morgan fingerprint density at radius 2 is 2.05 bits per heavy atom. The van der Waals surface area contributed by atoms with Crippen molar-refractivity contribution < 1.29 is 14.6 Å². The summed E-state index contributed by atoms with van der Waals surface area (Å²) in [6.45, 7) is 2.29. The number of fused-ring (bicyclic) bond motifs is 1. The lowest BCUT2D eigenvalue weighted by Gasteiger charge is -2.31. The first-order valence-electron chi connectivity index (χ1n) is 7.68. The number of carbonyl (C=O) groups is 1. The van der Waals surface area contributed by atoms with Crippen LogP contribution >= 0.6 is 0 Å². The highest BCUT2D eigenvalue weighted by atomic mass is 16.5. The molecule has 0 aromatic heterocycles. The highest BCUT2D eigenvalue weighted by Crippen LogP contribution is 2.28. The van der Waals surface area contributed by atoms with E-state index in [9.17, 15) is 9.90 Å². The molecule has 3 rings (SSSR count). The van der Waals surface area contributed by atoms with Crippen LogP contribution < -0.4 is 4.74 Å². The standard InChI is InChI=1S/C18H21NO3/c1-22-17-10-14-6-3-2-5-13(14)9-16(17)12-19-8-4-7-15(11-19)18(20)21/h2-3,5-6,9-10,15H,4,7-8,11-12H2,1H3,(H,20,21). The number of rotatable bonds is 4. The Morgan fingerprint density at radius 1 is 1.32 bits per heavy atom. The number of hydrogen-bond acceptors (Lipinski definition) is 3. The lowest BCUT2D eigenvalue weighted by Crippen LogP contribution is -2.38. The fraction of sp³-hybridized carbons (Fsp3) is 0.389. The first-order chi connectivity index (χ1) is 10.7. The number of likely N-dealkylation sites (tertiary alicyclic amines) is 1. The quantitative estimate of drug-likeness (QED) is 0.942. The van der Waals surface area contributed by atoms with E-state index in [1.165, 1.54) is 5.39 Å². The van der Waals surface area contributed by atoms with Gasteiger partial charge in [0.25, 0.3) is 0 Å². The monoisotopic (exact) mass is 299 g/mol. The fourth-order valence-electron chi connectivity index (χ4n) is 3.22. The first-order valence-corrected chi connectivity index (χ1v) is 7.68. The van der Waals surface area contributed by atoms with Gasteiger partial charge in [-0.15, -0.1) is 0 Å². The maximum Gasteiger partial charge on any atom is 0.307 e. The summed E-state index contributed by atoms with van der Waals surface area (Å²) in [5.74, 6) is -0.0634. The van der Waals surface area contributed by atoms with Crippen molar-refractivity contribution in [3.8, 4) is 5.75 Å². The number of piperidine rings is 1. The van der Waals surface area contributed by atoms with Crippen LogP contribution in [-0.2, 0) is 11.3 Å². The zero-order valence-corrected chi connectivity index (χ0v) is 12.8. The van der Waals surface area contributed by atoms with E-state index in [1.807, 2.05) is 12.1 Å². The van der Waals surface area contributed by atoms with Gasteiger partial charge in [0.2, 0.25) is 0 Å². The second kappa shape index (κ2) is 6.36. The summed E-state index contributed by atoms with van der Waals surface area (Å²) in [6.07, 6.45) is 1.72. The predicted octanol–water partition coefficient (Wildman–Crippen LogP) is 3.15. The second-order valence-corrected chi connectivity index (χ2v) is 5.92. The molecule has 0 saturated carbocycles. The molecule has 116 valence electrons. The lowest BCUT2D eigenvalue weighted by molar-refractivity contribution is -0.143. The summed E-state index contributed by atoms with van der Waals surface area (Å²) in [5, 5.41) is 11.6. The molecule has 4 heteroatoms. The van der Waals surface area contributed by atoms with Crippen LogP contribution in [-0.4, -0.2) is 36.2 Å². The molecule has 0 bridgehead atoms. The van der Waals surface area contributed by atoms with Crippen LogP contribution in [0.3, 0.4) is 0 Å². The van der Waals surface area contributed by atoms with Gasteiger partial charge in [0.15, 0.2) is 0 Å². The van der Waals surface area contributed by atoms with Crippen LogP contribution in [0.2, 0.25) is 0 Å². The molecule has 0 radical (unpaired) electrons. The predicted molar refractivity (Wildman–Crippen MR) is 86.1 cm³/mol. The van der Waals surface area contributed by atoms with Gasteiger partial charge in [0.05, 0.1) is 13.0 Å². The number of hydrogen-bond donors (Lipinski definition) is 1. The van der Waals surface area contributed by atoms with Gasteiger partial charge >= 0.3 is 5.97 Å². The Balaban J connectivity index is 1.84. The Kier molecular flexibility index (Phi) is 4.29. The molecule has 1 N–H and O–H groups in total. The summed E-state index contributed by atoms with van der Waals surface area (Å²) in [6, 6.07) is 12.4. The average molecular weight is 299 g/mol. The number of methoxy groups -OCH3 is 1. The Hall–Kier alpha value is -2.07. The third-order valence-corrected chi connectivity index (χ3v) is 4.40. The van der Waals surface area contributed by atoms with Gasteiger partial charge in [-0.1, -0.05) is 24.3 Å². The Labute approximate surface area is 130 Å². The number of nitrogens with zero attached hydrogens (tertiary/aromatic N) is 1. The van der Waals surface area contributed by atoms with Crippen LogP contribution in [0.1, 0.15) is 18.4 Å². The van der Waals surface area contributed by atoms with Crippen molar-refractivity contribution in [3.63, 3.8) is 0 Å². The minimum Gasteiger partial charge on any atom is -0.496 e. The van der Waals surface area contributed by atoms with Crippen molar-refractivity contribution in [1.82, 2.24) is 4.90 Å². The average Bonchev–Trinajstić information content (AvgIpc) is 2.54. The van der Waals surface area contributed by atoms with Gasteiger partial charge < -0.3 is 9.84 Å². The number of benzene rings is 2. The summed E-state index contributed by atoms with van der Waals surface area (Å²) in [7, 11) is 1.68. The molecule has 2 aromatic rings. The highest BCUT2D eigenvalue weighted by Gasteiger charge is 2.25. The van der Waals surface area contributed by atoms with E-state index in [0.29, 0.717) is 6.54 Å². The van der Waals surface area contributed by atoms with Crippen LogP contribution in [0.4, 0.5) is 0 Å². The van der Waals surface area contributed by atoms with Crippen LogP contribution in [0.5, 0.6) is 5.75 Å². The Bertz CT molecular complexity index is 683. The van der Waals surface area contributed by atoms with Crippen molar-refractivity contribution in [2.24, 2.45) is 5.92 Å². The van der Waals surface area contributed by atoms with E-state index in [0.717, 1.165) is 42.6 Å². The molecule has 1 fully saturated rings. The number of ether oxygens (including phenoxy) is 1. The molecule has 0 spiro atoms. The molecule has 1 heterocycles. The molecule has 0 amide bonds.